The number of benzene rings is 2. The summed E-state index contributed by atoms with van der Waals surface area (Å²) < 4.78 is 28.3. The number of carbonyl (C=O) groups excluding carboxylic acids is 1. The van der Waals surface area contributed by atoms with Crippen molar-refractivity contribution in [3.8, 4) is 0 Å². The molecule has 0 aliphatic carbocycles. The number of rotatable bonds is 6. The van der Waals surface area contributed by atoms with Crippen LogP contribution in [-0.2, 0) is 16.4 Å². The standard InChI is InChI=1S/C18H18N2O3S2/c1-12-6-8-13(9-7-12)25(22,23)20-11-10-15-14-4-2-3-5-16(14)24-17(15)18(19)21/h2-9,20H,10-11H2,1H3,(H2,19,21). The zero-order valence-electron chi connectivity index (χ0n) is 13.7. The van der Waals surface area contributed by atoms with E-state index in [0.717, 1.165) is 21.2 Å². The number of nitrogens with one attached hydrogen (secondary N) is 1. The van der Waals surface area contributed by atoms with Crippen LogP contribution in [0.25, 0.3) is 10.1 Å². The van der Waals surface area contributed by atoms with Crippen LogP contribution in [-0.4, -0.2) is 20.9 Å². The van der Waals surface area contributed by atoms with Crippen molar-refractivity contribution < 1.29 is 13.2 Å². The molecule has 25 heavy (non-hydrogen) atoms. The molecule has 0 aliphatic rings. The molecule has 1 heterocycles. The first-order valence-corrected chi connectivity index (χ1v) is 10.0. The van der Waals surface area contributed by atoms with Gasteiger partial charge in [-0.05, 0) is 42.5 Å². The van der Waals surface area contributed by atoms with Crippen molar-refractivity contribution in [2.75, 3.05) is 6.54 Å². The predicted molar refractivity (Wildman–Crippen MR) is 100 cm³/mol. The van der Waals surface area contributed by atoms with Gasteiger partial charge in [-0.2, -0.15) is 0 Å². The maximum Gasteiger partial charge on any atom is 0.259 e. The number of primary amides is 1. The fourth-order valence-corrected chi connectivity index (χ4v) is 4.79. The zero-order valence-corrected chi connectivity index (χ0v) is 15.3. The van der Waals surface area contributed by atoms with Gasteiger partial charge >= 0.3 is 0 Å². The van der Waals surface area contributed by atoms with Gasteiger partial charge in [-0.3, -0.25) is 4.79 Å². The Morgan fingerprint density at radius 3 is 2.48 bits per heavy atom. The van der Waals surface area contributed by atoms with Gasteiger partial charge in [0.2, 0.25) is 10.0 Å². The number of amides is 1. The first kappa shape index (κ1) is 17.6. The van der Waals surface area contributed by atoms with Crippen molar-refractivity contribution in [2.24, 2.45) is 5.73 Å². The van der Waals surface area contributed by atoms with E-state index >= 15 is 0 Å². The maximum atomic E-state index is 12.4. The van der Waals surface area contributed by atoms with E-state index in [2.05, 4.69) is 4.72 Å². The van der Waals surface area contributed by atoms with Crippen LogP contribution in [0.1, 0.15) is 20.8 Å². The predicted octanol–water partition coefficient (Wildman–Crippen LogP) is 2.83. The van der Waals surface area contributed by atoms with Crippen molar-refractivity contribution in [1.29, 1.82) is 0 Å². The fraction of sp³-hybridized carbons (Fsp3) is 0.167. The summed E-state index contributed by atoms with van der Waals surface area (Å²) in [6, 6.07) is 14.3. The second-order valence-corrected chi connectivity index (χ2v) is 8.55. The summed E-state index contributed by atoms with van der Waals surface area (Å²) >= 11 is 1.34. The Labute approximate surface area is 150 Å². The van der Waals surface area contributed by atoms with Gasteiger partial charge in [0.1, 0.15) is 0 Å². The van der Waals surface area contributed by atoms with E-state index < -0.39 is 15.9 Å². The molecular formula is C18H18N2O3S2. The van der Waals surface area contributed by atoms with E-state index in [1.165, 1.54) is 11.3 Å². The third-order valence-electron chi connectivity index (χ3n) is 3.92. The molecule has 0 atom stereocenters. The number of fused-ring (bicyclic) bond motifs is 1. The van der Waals surface area contributed by atoms with Crippen LogP contribution in [0.15, 0.2) is 53.4 Å². The molecule has 3 rings (SSSR count). The van der Waals surface area contributed by atoms with E-state index in [9.17, 15) is 13.2 Å². The lowest BCUT2D eigenvalue weighted by Gasteiger charge is -2.08. The second kappa shape index (κ2) is 6.95. The molecule has 0 saturated carbocycles. The molecule has 0 radical (unpaired) electrons. The highest BCUT2D eigenvalue weighted by atomic mass is 32.2. The maximum absolute atomic E-state index is 12.4. The lowest BCUT2D eigenvalue weighted by molar-refractivity contribution is 0.100. The molecule has 7 heteroatoms. The van der Waals surface area contributed by atoms with Gasteiger partial charge in [0, 0.05) is 11.2 Å². The molecule has 0 saturated heterocycles. The molecule has 130 valence electrons. The third kappa shape index (κ3) is 3.73. The Kier molecular flexibility index (Phi) is 4.89. The molecule has 3 N–H and O–H groups in total. The lowest BCUT2D eigenvalue weighted by Crippen LogP contribution is -2.26. The Bertz CT molecular complexity index is 1020. The van der Waals surface area contributed by atoms with E-state index in [1.54, 1.807) is 24.3 Å². The van der Waals surface area contributed by atoms with Gasteiger partial charge in [0.05, 0.1) is 9.77 Å². The molecule has 0 spiro atoms. The molecule has 2 aromatic carbocycles. The summed E-state index contributed by atoms with van der Waals surface area (Å²) in [7, 11) is -3.58. The Balaban J connectivity index is 1.80. The van der Waals surface area contributed by atoms with Crippen LogP contribution in [0.5, 0.6) is 0 Å². The Morgan fingerprint density at radius 2 is 1.80 bits per heavy atom. The van der Waals surface area contributed by atoms with Crippen LogP contribution in [0, 0.1) is 6.92 Å². The molecule has 0 bridgehead atoms. The van der Waals surface area contributed by atoms with Gasteiger partial charge in [-0.15, -0.1) is 11.3 Å². The molecular weight excluding hydrogens is 356 g/mol. The molecule has 1 aromatic heterocycles. The number of carbonyl (C=O) groups is 1. The molecule has 5 nitrogen and oxygen atoms in total. The minimum absolute atomic E-state index is 0.192. The minimum Gasteiger partial charge on any atom is -0.365 e. The second-order valence-electron chi connectivity index (χ2n) is 5.73. The topological polar surface area (TPSA) is 89.3 Å². The number of nitrogens with two attached hydrogens (primary N) is 1. The van der Waals surface area contributed by atoms with Crippen LogP contribution in [0.4, 0.5) is 0 Å². The van der Waals surface area contributed by atoms with E-state index in [-0.39, 0.29) is 11.4 Å². The normalized spacial score (nSPS) is 11.7. The van der Waals surface area contributed by atoms with Crippen LogP contribution < -0.4 is 10.5 Å². The SMILES string of the molecule is Cc1ccc(S(=O)(=O)NCCc2c(C(N)=O)sc3ccccc23)cc1. The summed E-state index contributed by atoms with van der Waals surface area (Å²) in [4.78, 5) is 12.4. The number of hydrogen-bond acceptors (Lipinski definition) is 4. The van der Waals surface area contributed by atoms with Crippen molar-refractivity contribution in [3.63, 3.8) is 0 Å². The Hall–Kier alpha value is -2.22. The van der Waals surface area contributed by atoms with Crippen LogP contribution >= 0.6 is 11.3 Å². The first-order valence-electron chi connectivity index (χ1n) is 7.75. The fourth-order valence-electron chi connectivity index (χ4n) is 2.66. The molecule has 1 amide bonds. The van der Waals surface area contributed by atoms with Crippen molar-refractivity contribution in [1.82, 2.24) is 4.72 Å². The number of aryl methyl sites for hydroxylation is 1. The van der Waals surface area contributed by atoms with Crippen molar-refractivity contribution >= 4 is 37.4 Å². The van der Waals surface area contributed by atoms with Crippen LogP contribution in [0.3, 0.4) is 0 Å². The highest BCUT2D eigenvalue weighted by Gasteiger charge is 2.18. The average Bonchev–Trinajstić information content (AvgIpc) is 2.94. The smallest absolute Gasteiger partial charge is 0.259 e. The highest BCUT2D eigenvalue weighted by Crippen LogP contribution is 2.31. The Morgan fingerprint density at radius 1 is 1.12 bits per heavy atom. The van der Waals surface area contributed by atoms with E-state index in [4.69, 9.17) is 5.73 Å². The van der Waals surface area contributed by atoms with Gasteiger partial charge in [-0.1, -0.05) is 35.9 Å². The number of thiophene rings is 1. The molecule has 0 aliphatic heterocycles. The van der Waals surface area contributed by atoms with E-state index in [0.29, 0.717) is 11.3 Å². The summed E-state index contributed by atoms with van der Waals surface area (Å²) in [5, 5.41) is 0.941. The minimum atomic E-state index is -3.58. The molecule has 3 aromatic rings. The van der Waals surface area contributed by atoms with Gasteiger partial charge in [0.15, 0.2) is 0 Å². The van der Waals surface area contributed by atoms with Gasteiger partial charge in [-0.25, -0.2) is 13.1 Å². The number of sulfonamides is 1. The monoisotopic (exact) mass is 374 g/mol. The average molecular weight is 374 g/mol. The van der Waals surface area contributed by atoms with Crippen molar-refractivity contribution in [2.45, 2.75) is 18.2 Å². The largest absolute Gasteiger partial charge is 0.365 e. The summed E-state index contributed by atoms with van der Waals surface area (Å²) in [6.45, 7) is 2.09. The molecule has 0 unspecified atom stereocenters. The summed E-state index contributed by atoms with van der Waals surface area (Å²) in [6.07, 6.45) is 0.396. The van der Waals surface area contributed by atoms with E-state index in [1.807, 2.05) is 31.2 Å². The van der Waals surface area contributed by atoms with Crippen molar-refractivity contribution in [3.05, 3.63) is 64.5 Å². The van der Waals surface area contributed by atoms with Gasteiger partial charge in [0.25, 0.3) is 5.91 Å². The quantitative estimate of drug-likeness (QED) is 0.695. The lowest BCUT2D eigenvalue weighted by atomic mass is 10.1. The summed E-state index contributed by atoms with van der Waals surface area (Å²) in [5.74, 6) is -0.488. The molecule has 0 fully saturated rings. The highest BCUT2D eigenvalue weighted by molar-refractivity contribution is 7.89. The van der Waals surface area contributed by atoms with Gasteiger partial charge < -0.3 is 5.73 Å². The van der Waals surface area contributed by atoms with Crippen LogP contribution in [0.2, 0.25) is 0 Å². The number of hydrogen-bond donors (Lipinski definition) is 2. The third-order valence-corrected chi connectivity index (χ3v) is 6.62. The summed E-state index contributed by atoms with van der Waals surface area (Å²) in [5.41, 5.74) is 7.26. The zero-order chi connectivity index (χ0) is 18.0. The first-order chi connectivity index (χ1) is 11.9.